The van der Waals surface area contributed by atoms with E-state index in [0.29, 0.717) is 27.3 Å². The van der Waals surface area contributed by atoms with Crippen molar-refractivity contribution in [3.63, 3.8) is 0 Å². The minimum absolute atomic E-state index is 0.247. The van der Waals surface area contributed by atoms with Crippen LogP contribution in [-0.2, 0) is 4.79 Å². The minimum atomic E-state index is -0.247. The van der Waals surface area contributed by atoms with Gasteiger partial charge in [0.1, 0.15) is 11.5 Å². The largest absolute Gasteiger partial charge is 0.284 e. The van der Waals surface area contributed by atoms with E-state index in [1.165, 1.54) is 11.3 Å². The van der Waals surface area contributed by atoms with Crippen LogP contribution in [0.2, 0.25) is 5.02 Å². The third-order valence-corrected chi connectivity index (χ3v) is 5.77. The van der Waals surface area contributed by atoms with Crippen LogP contribution in [-0.4, -0.2) is 21.7 Å². The van der Waals surface area contributed by atoms with Crippen molar-refractivity contribution in [2.45, 2.75) is 0 Å². The van der Waals surface area contributed by atoms with Gasteiger partial charge in [0, 0.05) is 16.8 Å². The van der Waals surface area contributed by atoms with E-state index in [-0.39, 0.29) is 5.91 Å². The van der Waals surface area contributed by atoms with E-state index < -0.39 is 0 Å². The molecule has 1 amide bonds. The summed E-state index contributed by atoms with van der Waals surface area (Å²) in [4.78, 5) is 28.4. The summed E-state index contributed by atoms with van der Waals surface area (Å²) >= 11 is 7.68. The summed E-state index contributed by atoms with van der Waals surface area (Å²) in [5.74, 6) is 0.288. The normalized spacial score (nSPS) is 15.3. The molecule has 0 N–H and O–H groups in total. The molecule has 0 unspecified atom stereocenters. The molecular formula is C22H13ClN4OS. The predicted octanol–water partition coefficient (Wildman–Crippen LogP) is 5.18. The second-order valence-corrected chi connectivity index (χ2v) is 7.73. The van der Waals surface area contributed by atoms with Gasteiger partial charge in [-0.15, -0.1) is 0 Å². The van der Waals surface area contributed by atoms with E-state index in [1.54, 1.807) is 23.2 Å². The zero-order valence-corrected chi connectivity index (χ0v) is 16.6. The smallest absolute Gasteiger partial charge is 0.266 e. The van der Waals surface area contributed by atoms with Crippen LogP contribution in [0.5, 0.6) is 0 Å². The van der Waals surface area contributed by atoms with Gasteiger partial charge in [-0.25, -0.2) is 14.9 Å². The molecule has 3 heterocycles. The van der Waals surface area contributed by atoms with E-state index in [9.17, 15) is 4.79 Å². The Labute approximate surface area is 175 Å². The Morgan fingerprint density at radius 2 is 1.76 bits per heavy atom. The van der Waals surface area contributed by atoms with Gasteiger partial charge in [-0.1, -0.05) is 71.5 Å². The van der Waals surface area contributed by atoms with E-state index in [1.807, 2.05) is 60.7 Å². The number of carbonyl (C=O) groups is 1. The summed E-state index contributed by atoms with van der Waals surface area (Å²) in [6.07, 6.45) is 3.39. The number of nitrogens with zero attached hydrogens (tertiary/aromatic N) is 4. The molecule has 2 aromatic heterocycles. The third kappa shape index (κ3) is 3.22. The molecule has 1 aliphatic heterocycles. The molecule has 1 aliphatic rings. The van der Waals surface area contributed by atoms with Crippen molar-refractivity contribution in [1.29, 1.82) is 0 Å². The summed E-state index contributed by atoms with van der Waals surface area (Å²) in [6.45, 7) is 0. The lowest BCUT2D eigenvalue weighted by Crippen LogP contribution is -2.32. The number of aromatic nitrogens is 2. The van der Waals surface area contributed by atoms with Gasteiger partial charge in [-0.05, 0) is 29.8 Å². The fourth-order valence-electron chi connectivity index (χ4n) is 3.07. The summed E-state index contributed by atoms with van der Waals surface area (Å²) in [7, 11) is 0. The van der Waals surface area contributed by atoms with Crippen molar-refractivity contribution < 1.29 is 4.79 Å². The Hall–Kier alpha value is -3.35. The van der Waals surface area contributed by atoms with Crippen LogP contribution in [0.3, 0.4) is 0 Å². The SMILES string of the molecule is O=C1C(=Cc2ccccc2Cl)N=C(c2ccccc2)N1c1nc2ncccc2s1. The lowest BCUT2D eigenvalue weighted by Gasteiger charge is -2.14. The predicted molar refractivity (Wildman–Crippen MR) is 117 cm³/mol. The number of pyridine rings is 1. The topological polar surface area (TPSA) is 58.5 Å². The fraction of sp³-hybridized carbons (Fsp3) is 0. The molecule has 5 nitrogen and oxygen atoms in total. The second kappa shape index (κ2) is 7.24. The van der Waals surface area contributed by atoms with Crippen LogP contribution < -0.4 is 4.90 Å². The van der Waals surface area contributed by atoms with Crippen LogP contribution in [0.4, 0.5) is 5.13 Å². The Balaban J connectivity index is 1.66. The highest BCUT2D eigenvalue weighted by Gasteiger charge is 2.34. The molecule has 0 fully saturated rings. The van der Waals surface area contributed by atoms with Gasteiger partial charge in [0.15, 0.2) is 5.65 Å². The molecule has 7 heteroatoms. The number of halogens is 1. The van der Waals surface area contributed by atoms with Gasteiger partial charge in [-0.3, -0.25) is 4.79 Å². The van der Waals surface area contributed by atoms with Crippen molar-refractivity contribution in [2.24, 2.45) is 4.99 Å². The first-order valence-corrected chi connectivity index (χ1v) is 10.1. The van der Waals surface area contributed by atoms with Gasteiger partial charge in [0.25, 0.3) is 5.91 Å². The number of aliphatic imine (C=N–C) groups is 1. The summed E-state index contributed by atoms with van der Waals surface area (Å²) in [5, 5.41) is 1.10. The maximum Gasteiger partial charge on any atom is 0.284 e. The van der Waals surface area contributed by atoms with Crippen LogP contribution in [0.25, 0.3) is 16.4 Å². The van der Waals surface area contributed by atoms with E-state index in [0.717, 1.165) is 15.8 Å². The number of amidine groups is 1. The molecule has 0 aliphatic carbocycles. The Morgan fingerprint density at radius 3 is 2.55 bits per heavy atom. The number of benzene rings is 2. The molecule has 5 rings (SSSR count). The van der Waals surface area contributed by atoms with Crippen LogP contribution in [0, 0.1) is 0 Å². The third-order valence-electron chi connectivity index (χ3n) is 4.43. The number of hydrogen-bond donors (Lipinski definition) is 0. The highest BCUT2D eigenvalue weighted by molar-refractivity contribution is 7.22. The number of fused-ring (bicyclic) bond motifs is 1. The molecular weight excluding hydrogens is 404 g/mol. The number of carbonyl (C=O) groups excluding carboxylic acids is 1. The Morgan fingerprint density at radius 1 is 0.966 bits per heavy atom. The van der Waals surface area contributed by atoms with Crippen LogP contribution in [0.1, 0.15) is 11.1 Å². The lowest BCUT2D eigenvalue weighted by atomic mass is 10.2. The number of thiazole rings is 1. The van der Waals surface area contributed by atoms with Crippen LogP contribution >= 0.6 is 22.9 Å². The molecule has 140 valence electrons. The second-order valence-electron chi connectivity index (χ2n) is 6.31. The monoisotopic (exact) mass is 416 g/mol. The molecule has 4 aromatic rings. The number of amides is 1. The average molecular weight is 417 g/mol. The minimum Gasteiger partial charge on any atom is -0.266 e. The zero-order valence-electron chi connectivity index (χ0n) is 15.0. The Bertz CT molecular complexity index is 1260. The Kier molecular flexibility index (Phi) is 4.42. The van der Waals surface area contributed by atoms with Gasteiger partial charge < -0.3 is 0 Å². The first-order chi connectivity index (χ1) is 14.2. The van der Waals surface area contributed by atoms with Crippen molar-refractivity contribution in [3.8, 4) is 0 Å². The fourth-order valence-corrected chi connectivity index (χ4v) is 4.18. The van der Waals surface area contributed by atoms with E-state index >= 15 is 0 Å². The molecule has 2 aromatic carbocycles. The van der Waals surface area contributed by atoms with Crippen molar-refractivity contribution in [2.75, 3.05) is 4.90 Å². The van der Waals surface area contributed by atoms with Crippen molar-refractivity contribution >= 4 is 56.2 Å². The molecule has 0 atom stereocenters. The highest BCUT2D eigenvalue weighted by atomic mass is 35.5. The van der Waals surface area contributed by atoms with Gasteiger partial charge in [-0.2, -0.15) is 4.98 Å². The van der Waals surface area contributed by atoms with Gasteiger partial charge in [0.05, 0.1) is 4.70 Å². The lowest BCUT2D eigenvalue weighted by molar-refractivity contribution is -0.113. The first-order valence-electron chi connectivity index (χ1n) is 8.87. The average Bonchev–Trinajstić information content (AvgIpc) is 3.31. The standard InChI is InChI=1S/C22H13ClN4OS/c23-16-10-5-4-9-15(16)13-17-21(28)27(20(25-17)14-7-2-1-3-8-14)22-26-19-18(29-22)11-6-12-24-19/h1-13H. The van der Waals surface area contributed by atoms with Crippen molar-refractivity contribution in [3.05, 3.63) is 94.8 Å². The zero-order chi connectivity index (χ0) is 19.8. The van der Waals surface area contributed by atoms with E-state index in [2.05, 4.69) is 15.0 Å². The summed E-state index contributed by atoms with van der Waals surface area (Å²) in [5.41, 5.74) is 2.48. The molecule has 0 saturated heterocycles. The molecule has 0 spiro atoms. The molecule has 0 saturated carbocycles. The van der Waals surface area contributed by atoms with E-state index in [4.69, 9.17) is 11.6 Å². The quantitative estimate of drug-likeness (QED) is 0.432. The highest BCUT2D eigenvalue weighted by Crippen LogP contribution is 2.33. The first kappa shape index (κ1) is 17.7. The molecule has 29 heavy (non-hydrogen) atoms. The number of rotatable bonds is 3. The van der Waals surface area contributed by atoms with Gasteiger partial charge >= 0.3 is 0 Å². The summed E-state index contributed by atoms with van der Waals surface area (Å²) in [6, 6.07) is 20.7. The molecule has 0 radical (unpaired) electrons. The number of anilines is 1. The van der Waals surface area contributed by atoms with Gasteiger partial charge in [0.2, 0.25) is 5.13 Å². The van der Waals surface area contributed by atoms with Crippen molar-refractivity contribution in [1.82, 2.24) is 9.97 Å². The maximum atomic E-state index is 13.3. The number of hydrogen-bond acceptors (Lipinski definition) is 5. The maximum absolute atomic E-state index is 13.3. The summed E-state index contributed by atoms with van der Waals surface area (Å²) < 4.78 is 0.909. The molecule has 0 bridgehead atoms. The van der Waals surface area contributed by atoms with Crippen LogP contribution in [0.15, 0.2) is 83.6 Å².